The quantitative estimate of drug-likeness (QED) is 0.499. The third-order valence-electron chi connectivity index (χ3n) is 2.85. The maximum atomic E-state index is 11.7. The molecule has 0 bridgehead atoms. The standard InChI is InChI=1S/C14H26N2O3/c1-5-6-7-8-16(4)14(19)15-10-12(13(17)18)9-11(2)3/h5,11-12H,1,6-10H2,2-4H3,(H,15,19)(H,17,18). The summed E-state index contributed by atoms with van der Waals surface area (Å²) in [5.74, 6) is -1.09. The molecule has 19 heavy (non-hydrogen) atoms. The van der Waals surface area contributed by atoms with Gasteiger partial charge in [0.25, 0.3) is 0 Å². The van der Waals surface area contributed by atoms with Gasteiger partial charge in [-0.05, 0) is 25.2 Å². The molecule has 0 aliphatic rings. The molecule has 2 N–H and O–H groups in total. The minimum Gasteiger partial charge on any atom is -0.481 e. The maximum absolute atomic E-state index is 11.7. The van der Waals surface area contributed by atoms with Crippen molar-refractivity contribution in [3.05, 3.63) is 12.7 Å². The lowest BCUT2D eigenvalue weighted by atomic mass is 9.97. The number of nitrogens with one attached hydrogen (secondary N) is 1. The molecule has 0 spiro atoms. The smallest absolute Gasteiger partial charge is 0.317 e. The van der Waals surface area contributed by atoms with Crippen molar-refractivity contribution in [1.29, 1.82) is 0 Å². The third kappa shape index (κ3) is 8.24. The van der Waals surface area contributed by atoms with Crippen LogP contribution in [0.2, 0.25) is 0 Å². The predicted octanol–water partition coefficient (Wildman–Crippen LogP) is 2.34. The number of hydrogen-bond donors (Lipinski definition) is 2. The number of hydrogen-bond acceptors (Lipinski definition) is 2. The molecule has 0 radical (unpaired) electrons. The first-order valence-corrected chi connectivity index (χ1v) is 6.71. The summed E-state index contributed by atoms with van der Waals surface area (Å²) in [4.78, 5) is 24.4. The summed E-state index contributed by atoms with van der Waals surface area (Å²) < 4.78 is 0. The Hall–Kier alpha value is -1.52. The third-order valence-corrected chi connectivity index (χ3v) is 2.85. The number of carboxylic acids is 1. The zero-order valence-corrected chi connectivity index (χ0v) is 12.2. The van der Waals surface area contributed by atoms with Crippen LogP contribution in [0.3, 0.4) is 0 Å². The molecule has 5 heteroatoms. The van der Waals surface area contributed by atoms with E-state index in [9.17, 15) is 9.59 Å². The van der Waals surface area contributed by atoms with Gasteiger partial charge in [0.15, 0.2) is 0 Å². The number of carbonyl (C=O) groups is 2. The van der Waals surface area contributed by atoms with Gasteiger partial charge in [0.05, 0.1) is 5.92 Å². The van der Waals surface area contributed by atoms with Gasteiger partial charge in [-0.1, -0.05) is 19.9 Å². The Morgan fingerprint density at radius 3 is 2.53 bits per heavy atom. The monoisotopic (exact) mass is 270 g/mol. The molecule has 5 nitrogen and oxygen atoms in total. The number of urea groups is 1. The van der Waals surface area contributed by atoms with Gasteiger partial charge in [0, 0.05) is 20.1 Å². The van der Waals surface area contributed by atoms with Gasteiger partial charge in [-0.15, -0.1) is 6.58 Å². The van der Waals surface area contributed by atoms with E-state index >= 15 is 0 Å². The van der Waals surface area contributed by atoms with E-state index in [-0.39, 0.29) is 12.6 Å². The number of rotatable bonds is 9. The molecule has 0 rings (SSSR count). The molecule has 0 aromatic rings. The molecule has 0 aliphatic heterocycles. The highest BCUT2D eigenvalue weighted by Crippen LogP contribution is 2.11. The first kappa shape index (κ1) is 17.5. The zero-order valence-electron chi connectivity index (χ0n) is 12.2. The van der Waals surface area contributed by atoms with E-state index < -0.39 is 11.9 Å². The van der Waals surface area contributed by atoms with Crippen LogP contribution >= 0.6 is 0 Å². The Morgan fingerprint density at radius 2 is 2.05 bits per heavy atom. The fraction of sp³-hybridized carbons (Fsp3) is 0.714. The van der Waals surface area contributed by atoms with Crippen LogP contribution < -0.4 is 5.32 Å². The summed E-state index contributed by atoms with van der Waals surface area (Å²) in [5.41, 5.74) is 0. The van der Waals surface area contributed by atoms with Crippen molar-refractivity contribution >= 4 is 12.0 Å². The molecular formula is C14H26N2O3. The van der Waals surface area contributed by atoms with E-state index in [1.165, 1.54) is 0 Å². The summed E-state index contributed by atoms with van der Waals surface area (Å²) in [6.45, 7) is 8.38. The highest BCUT2D eigenvalue weighted by molar-refractivity contribution is 5.75. The van der Waals surface area contributed by atoms with Crippen molar-refractivity contribution < 1.29 is 14.7 Å². The Morgan fingerprint density at radius 1 is 1.42 bits per heavy atom. The van der Waals surface area contributed by atoms with Crippen LogP contribution in [0, 0.1) is 11.8 Å². The Kier molecular flexibility index (Phi) is 8.66. The predicted molar refractivity (Wildman–Crippen MR) is 76.0 cm³/mol. The van der Waals surface area contributed by atoms with Crippen molar-refractivity contribution in [1.82, 2.24) is 10.2 Å². The van der Waals surface area contributed by atoms with Crippen molar-refractivity contribution in [3.8, 4) is 0 Å². The van der Waals surface area contributed by atoms with E-state index in [1.54, 1.807) is 11.9 Å². The van der Waals surface area contributed by atoms with Crippen LogP contribution in [0.15, 0.2) is 12.7 Å². The summed E-state index contributed by atoms with van der Waals surface area (Å²) in [6.07, 6.45) is 4.11. The average Bonchev–Trinajstić information content (AvgIpc) is 2.33. The van der Waals surface area contributed by atoms with Gasteiger partial charge in [0.2, 0.25) is 0 Å². The molecule has 0 saturated carbocycles. The summed E-state index contributed by atoms with van der Waals surface area (Å²) in [6, 6.07) is -0.223. The highest BCUT2D eigenvalue weighted by atomic mass is 16.4. The Balaban J connectivity index is 4.09. The van der Waals surface area contributed by atoms with E-state index in [1.807, 2.05) is 19.9 Å². The van der Waals surface area contributed by atoms with E-state index in [2.05, 4.69) is 11.9 Å². The molecule has 2 amide bonds. The maximum Gasteiger partial charge on any atom is 0.317 e. The first-order valence-electron chi connectivity index (χ1n) is 6.71. The molecule has 0 heterocycles. The second kappa shape index (κ2) is 9.42. The number of carboxylic acid groups (broad SMARTS) is 1. The SMILES string of the molecule is C=CCCCN(C)C(=O)NCC(CC(C)C)C(=O)O. The van der Waals surface area contributed by atoms with Gasteiger partial charge in [-0.3, -0.25) is 4.79 Å². The van der Waals surface area contributed by atoms with Crippen LogP contribution in [0.25, 0.3) is 0 Å². The Labute approximate surface area is 115 Å². The zero-order chi connectivity index (χ0) is 14.8. The van der Waals surface area contributed by atoms with E-state index in [0.717, 1.165) is 12.8 Å². The van der Waals surface area contributed by atoms with Crippen LogP contribution in [0.5, 0.6) is 0 Å². The van der Waals surface area contributed by atoms with Crippen LogP contribution in [0.1, 0.15) is 33.1 Å². The molecule has 1 atom stereocenters. The van der Waals surface area contributed by atoms with Crippen LogP contribution in [0.4, 0.5) is 4.79 Å². The normalized spacial score (nSPS) is 12.0. The number of aliphatic carboxylic acids is 1. The summed E-state index contributed by atoms with van der Waals surface area (Å²) in [7, 11) is 1.71. The number of unbranched alkanes of at least 4 members (excludes halogenated alkanes) is 1. The lowest BCUT2D eigenvalue weighted by Gasteiger charge is -2.20. The van der Waals surface area contributed by atoms with Crippen molar-refractivity contribution in [2.75, 3.05) is 20.1 Å². The molecule has 0 fully saturated rings. The second-order valence-corrected chi connectivity index (χ2v) is 5.20. The molecule has 110 valence electrons. The van der Waals surface area contributed by atoms with Gasteiger partial charge >= 0.3 is 12.0 Å². The number of nitrogens with zero attached hydrogens (tertiary/aromatic N) is 1. The molecule has 0 saturated heterocycles. The second-order valence-electron chi connectivity index (χ2n) is 5.20. The fourth-order valence-electron chi connectivity index (χ4n) is 1.76. The molecular weight excluding hydrogens is 244 g/mol. The fourth-order valence-corrected chi connectivity index (χ4v) is 1.76. The number of carbonyl (C=O) groups excluding carboxylic acids is 1. The lowest BCUT2D eigenvalue weighted by Crippen LogP contribution is -2.41. The van der Waals surface area contributed by atoms with E-state index in [0.29, 0.717) is 18.9 Å². The number of allylic oxidation sites excluding steroid dienone is 1. The first-order chi connectivity index (χ1) is 8.88. The van der Waals surface area contributed by atoms with Crippen molar-refractivity contribution in [2.45, 2.75) is 33.1 Å². The lowest BCUT2D eigenvalue weighted by molar-refractivity contribution is -0.142. The van der Waals surface area contributed by atoms with Gasteiger partial charge in [-0.2, -0.15) is 0 Å². The Bertz CT molecular complexity index is 303. The molecule has 0 aromatic heterocycles. The van der Waals surface area contributed by atoms with Gasteiger partial charge in [-0.25, -0.2) is 4.79 Å². The van der Waals surface area contributed by atoms with Crippen molar-refractivity contribution in [2.24, 2.45) is 11.8 Å². The topological polar surface area (TPSA) is 69.6 Å². The average molecular weight is 270 g/mol. The van der Waals surface area contributed by atoms with E-state index in [4.69, 9.17) is 5.11 Å². The van der Waals surface area contributed by atoms with Gasteiger partial charge in [0.1, 0.15) is 0 Å². The largest absolute Gasteiger partial charge is 0.481 e. The molecule has 0 aromatic carbocycles. The minimum absolute atomic E-state index is 0.179. The molecule has 0 aliphatic carbocycles. The molecule has 1 unspecified atom stereocenters. The highest BCUT2D eigenvalue weighted by Gasteiger charge is 2.20. The van der Waals surface area contributed by atoms with Gasteiger partial charge < -0.3 is 15.3 Å². The summed E-state index contributed by atoms with van der Waals surface area (Å²) >= 11 is 0. The minimum atomic E-state index is -0.858. The van der Waals surface area contributed by atoms with Crippen molar-refractivity contribution in [3.63, 3.8) is 0 Å². The van der Waals surface area contributed by atoms with Crippen LogP contribution in [-0.4, -0.2) is 42.1 Å². The van der Waals surface area contributed by atoms with Crippen LogP contribution in [-0.2, 0) is 4.79 Å². The number of amides is 2. The summed E-state index contributed by atoms with van der Waals surface area (Å²) in [5, 5.41) is 11.7.